The number of methoxy groups -OCH3 is 2. The number of hydrogen-bond donors (Lipinski definition) is 10. The molecule has 0 aromatic rings. The molecule has 11 atom stereocenters. The number of carbonyl (C=O) groups is 2. The van der Waals surface area contributed by atoms with Crippen LogP contribution in [0.1, 0.15) is 104 Å². The Labute approximate surface area is 373 Å². The molecule has 1 fully saturated rings. The van der Waals surface area contributed by atoms with Crippen LogP contribution in [-0.2, 0) is 28.5 Å². The summed E-state index contributed by atoms with van der Waals surface area (Å²) in [4.78, 5) is 22.4. The fraction of sp³-hybridized carbons (Fsp3) is 0.702. The summed E-state index contributed by atoms with van der Waals surface area (Å²) in [5, 5.41) is 101. The molecule has 0 aliphatic carbocycles. The second kappa shape index (κ2) is 32.7. The lowest BCUT2D eigenvalue weighted by atomic mass is 9.85. The van der Waals surface area contributed by atoms with Gasteiger partial charge in [-0.05, 0) is 57.8 Å². The first kappa shape index (κ1) is 58.1. The smallest absolute Gasteiger partial charge is 0.306 e. The van der Waals surface area contributed by atoms with Crippen molar-refractivity contribution < 1.29 is 79.6 Å². The fourth-order valence-corrected chi connectivity index (χ4v) is 7.01. The number of hydrogen-bond acceptors (Lipinski definition) is 15. The topological polar surface area (TPSA) is 273 Å². The van der Waals surface area contributed by atoms with E-state index in [1.54, 1.807) is 19.3 Å². The average Bonchev–Trinajstić information content (AvgIpc) is 3.20. The standard InChI is InChI=1S/C47H78O16/c1-46(2,33-60-3)43(63-45-42(55)30-38(52)32-62-45)19-17-15-13-11-9-7-5-6-8-10-12-14-16-18-39(61-4)22-20-34(44(56)57)24-26-47(58,59)31-37(51)29-41(54)40(53)23-21-35(49)28-36(50)25-27-48/h5-6,8,10-18,27,34-43,45,49-55,58-59H,7,9,19-26,28-33H2,1-4H3,(H,56,57)/b6-5+,10-8+,13-11+,14-12+,17-15+,18-16+. The zero-order valence-corrected chi connectivity index (χ0v) is 37.6. The van der Waals surface area contributed by atoms with Crippen molar-refractivity contribution in [3.8, 4) is 0 Å². The predicted octanol–water partition coefficient (Wildman–Crippen LogP) is 3.32. The molecule has 1 saturated heterocycles. The second-order valence-corrected chi connectivity index (χ2v) is 17.1. The van der Waals surface area contributed by atoms with Gasteiger partial charge in [0.15, 0.2) is 12.1 Å². The summed E-state index contributed by atoms with van der Waals surface area (Å²) in [6.07, 6.45) is 15.7. The summed E-state index contributed by atoms with van der Waals surface area (Å²) in [5.41, 5.74) is -0.339. The van der Waals surface area contributed by atoms with Crippen LogP contribution in [0.15, 0.2) is 72.9 Å². The second-order valence-electron chi connectivity index (χ2n) is 17.1. The van der Waals surface area contributed by atoms with Crippen LogP contribution < -0.4 is 0 Å². The van der Waals surface area contributed by atoms with Gasteiger partial charge in [-0.25, -0.2) is 0 Å². The molecular weight excluding hydrogens is 821 g/mol. The Morgan fingerprint density at radius 1 is 0.762 bits per heavy atom. The molecule has 0 saturated carbocycles. The van der Waals surface area contributed by atoms with Gasteiger partial charge in [-0.2, -0.15) is 0 Å². The third-order valence-electron chi connectivity index (χ3n) is 10.8. The van der Waals surface area contributed by atoms with Crippen LogP contribution in [0.5, 0.6) is 0 Å². The van der Waals surface area contributed by atoms with Crippen LogP contribution in [0.3, 0.4) is 0 Å². The van der Waals surface area contributed by atoms with E-state index in [9.17, 15) is 60.7 Å². The average molecular weight is 899 g/mol. The number of carboxylic acids is 1. The van der Waals surface area contributed by atoms with Gasteiger partial charge in [-0.3, -0.25) is 4.79 Å². The molecular formula is C47H78O16. The molecule has 16 heteroatoms. The van der Waals surface area contributed by atoms with Gasteiger partial charge in [0.2, 0.25) is 0 Å². The van der Waals surface area contributed by atoms with Crippen molar-refractivity contribution in [2.45, 2.75) is 171 Å². The van der Waals surface area contributed by atoms with Gasteiger partial charge in [-0.15, -0.1) is 0 Å². The van der Waals surface area contributed by atoms with E-state index in [1.807, 2.05) is 62.5 Å². The summed E-state index contributed by atoms with van der Waals surface area (Å²) in [6, 6.07) is 0. The lowest BCUT2D eigenvalue weighted by Gasteiger charge is -2.39. The molecule has 0 aromatic carbocycles. The molecule has 0 spiro atoms. The van der Waals surface area contributed by atoms with Gasteiger partial charge < -0.3 is 74.8 Å². The third kappa shape index (κ3) is 27.2. The van der Waals surface area contributed by atoms with Crippen molar-refractivity contribution in [3.05, 3.63) is 72.9 Å². The maximum absolute atomic E-state index is 12.0. The van der Waals surface area contributed by atoms with Gasteiger partial charge in [0, 0.05) is 51.7 Å². The highest BCUT2D eigenvalue weighted by atomic mass is 16.7. The summed E-state index contributed by atoms with van der Waals surface area (Å²) in [7, 11) is 3.15. The first-order valence-electron chi connectivity index (χ1n) is 22.0. The molecule has 63 heavy (non-hydrogen) atoms. The zero-order valence-electron chi connectivity index (χ0n) is 37.6. The molecule has 16 nitrogen and oxygen atoms in total. The maximum atomic E-state index is 12.0. The molecule has 362 valence electrons. The first-order chi connectivity index (χ1) is 29.8. The number of allylic oxidation sites excluding steroid dienone is 10. The lowest BCUT2D eigenvalue weighted by molar-refractivity contribution is -0.266. The number of aldehydes is 1. The Morgan fingerprint density at radius 3 is 2.02 bits per heavy atom. The highest BCUT2D eigenvalue weighted by Crippen LogP contribution is 2.30. The predicted molar refractivity (Wildman–Crippen MR) is 237 cm³/mol. The first-order valence-corrected chi connectivity index (χ1v) is 22.0. The lowest BCUT2D eigenvalue weighted by Crippen LogP contribution is -2.47. The number of ether oxygens (including phenoxy) is 4. The molecule has 1 rings (SSSR count). The molecule has 1 aliphatic rings. The van der Waals surface area contributed by atoms with Gasteiger partial charge in [0.05, 0.1) is 68.0 Å². The highest BCUT2D eigenvalue weighted by Gasteiger charge is 2.37. The number of rotatable bonds is 35. The van der Waals surface area contributed by atoms with Crippen LogP contribution in [-0.4, -0.2) is 158 Å². The SMILES string of the molecule is COCC(C)(C)C(C/C=C/C=C/CC/C=C/C=C/C=C/C=C/C(CCC(CCC(O)(O)CC(O)CC(O)C(O)CCC(O)CC(O)CC=O)C(=O)O)OC)OC1OCC(O)CC1O. The minimum atomic E-state index is -2.43. The van der Waals surface area contributed by atoms with E-state index in [0.29, 0.717) is 25.7 Å². The van der Waals surface area contributed by atoms with Crippen LogP contribution >= 0.6 is 0 Å². The van der Waals surface area contributed by atoms with Gasteiger partial charge in [-0.1, -0.05) is 86.8 Å². The molecule has 10 N–H and O–H groups in total. The summed E-state index contributed by atoms with van der Waals surface area (Å²) in [6.45, 7) is 4.66. The van der Waals surface area contributed by atoms with Gasteiger partial charge in [0.25, 0.3) is 0 Å². The Kier molecular flexibility index (Phi) is 30.1. The Bertz CT molecular complexity index is 1410. The molecule has 0 bridgehead atoms. The zero-order chi connectivity index (χ0) is 47.3. The fourth-order valence-electron chi connectivity index (χ4n) is 7.01. The van der Waals surface area contributed by atoms with Crippen molar-refractivity contribution >= 4 is 12.3 Å². The van der Waals surface area contributed by atoms with Crippen molar-refractivity contribution in [2.24, 2.45) is 11.3 Å². The summed E-state index contributed by atoms with van der Waals surface area (Å²) in [5.74, 6) is -4.46. The molecule has 11 unspecified atom stereocenters. The van der Waals surface area contributed by atoms with E-state index < -0.39 is 79.5 Å². The van der Waals surface area contributed by atoms with E-state index in [0.717, 1.165) is 12.8 Å². The number of aliphatic hydroxyl groups excluding tert-OH is 7. The molecule has 0 amide bonds. The number of unbranched alkanes of at least 4 members (excludes halogenated alkanes) is 1. The van der Waals surface area contributed by atoms with Crippen molar-refractivity contribution in [2.75, 3.05) is 27.4 Å². The van der Waals surface area contributed by atoms with E-state index in [2.05, 4.69) is 12.2 Å². The van der Waals surface area contributed by atoms with E-state index in [4.69, 9.17) is 18.9 Å². The summed E-state index contributed by atoms with van der Waals surface area (Å²) >= 11 is 0. The quantitative estimate of drug-likeness (QED) is 0.0189. The van der Waals surface area contributed by atoms with Crippen LogP contribution in [0, 0.1) is 11.3 Å². The molecule has 0 radical (unpaired) electrons. The van der Waals surface area contributed by atoms with E-state index in [1.165, 1.54) is 7.11 Å². The van der Waals surface area contributed by atoms with E-state index in [-0.39, 0.29) is 75.6 Å². The molecule has 1 aliphatic heterocycles. The third-order valence-corrected chi connectivity index (χ3v) is 10.8. The van der Waals surface area contributed by atoms with Crippen molar-refractivity contribution in [1.82, 2.24) is 0 Å². The minimum absolute atomic E-state index is 0.0215. The highest BCUT2D eigenvalue weighted by molar-refractivity contribution is 5.69. The largest absolute Gasteiger partial charge is 0.481 e. The minimum Gasteiger partial charge on any atom is -0.481 e. The molecule has 0 aromatic heterocycles. The monoisotopic (exact) mass is 899 g/mol. The number of carbonyl (C=O) groups excluding carboxylic acids is 1. The van der Waals surface area contributed by atoms with Crippen molar-refractivity contribution in [1.29, 1.82) is 0 Å². The van der Waals surface area contributed by atoms with Gasteiger partial charge in [0.1, 0.15) is 12.4 Å². The van der Waals surface area contributed by atoms with Crippen LogP contribution in [0.2, 0.25) is 0 Å². The summed E-state index contributed by atoms with van der Waals surface area (Å²) < 4.78 is 22.6. The van der Waals surface area contributed by atoms with Crippen molar-refractivity contribution in [3.63, 3.8) is 0 Å². The Hall–Kier alpha value is -2.94. The molecule has 1 heterocycles. The maximum Gasteiger partial charge on any atom is 0.306 e. The van der Waals surface area contributed by atoms with Gasteiger partial charge >= 0.3 is 5.97 Å². The number of aliphatic carboxylic acids is 1. The Morgan fingerprint density at radius 2 is 1.40 bits per heavy atom. The normalized spacial score (nSPS) is 22.1. The van der Waals surface area contributed by atoms with Crippen LogP contribution in [0.25, 0.3) is 0 Å². The Balaban J connectivity index is 2.44. The number of aliphatic hydroxyl groups is 9. The van der Waals surface area contributed by atoms with Crippen LogP contribution in [0.4, 0.5) is 0 Å². The number of carboxylic acid groups (broad SMARTS) is 1. The van der Waals surface area contributed by atoms with E-state index >= 15 is 0 Å².